The molecule has 6 nitrogen and oxygen atoms in total. The zero-order valence-electron chi connectivity index (χ0n) is 16.0. The third kappa shape index (κ3) is 3.08. The summed E-state index contributed by atoms with van der Waals surface area (Å²) >= 11 is 0. The summed E-state index contributed by atoms with van der Waals surface area (Å²) in [6.45, 7) is 0. The highest BCUT2D eigenvalue weighted by Crippen LogP contribution is 2.43. The molecule has 3 aromatic rings. The van der Waals surface area contributed by atoms with Crippen LogP contribution in [0.3, 0.4) is 0 Å². The molecule has 1 aliphatic rings. The maximum absolute atomic E-state index is 12.7. The minimum absolute atomic E-state index is 0.336. The second kappa shape index (κ2) is 7.31. The van der Waals surface area contributed by atoms with E-state index in [0.717, 1.165) is 0 Å². The predicted molar refractivity (Wildman–Crippen MR) is 107 cm³/mol. The van der Waals surface area contributed by atoms with Gasteiger partial charge in [-0.15, -0.1) is 0 Å². The molecule has 0 fully saturated rings. The maximum atomic E-state index is 12.7. The number of carbonyl (C=O) groups is 2. The van der Waals surface area contributed by atoms with Gasteiger partial charge in [0.15, 0.2) is 0 Å². The molecule has 0 aromatic heterocycles. The quantitative estimate of drug-likeness (QED) is 0.666. The Morgan fingerprint density at radius 3 is 2.34 bits per heavy atom. The first-order valence-corrected chi connectivity index (χ1v) is 9.02. The summed E-state index contributed by atoms with van der Waals surface area (Å²) in [4.78, 5) is 24.9. The normalized spacial score (nSPS) is 17.2. The van der Waals surface area contributed by atoms with E-state index < -0.39 is 17.7 Å². The molecule has 3 aromatic carbocycles. The Morgan fingerprint density at radius 2 is 1.62 bits per heavy atom. The summed E-state index contributed by atoms with van der Waals surface area (Å²) in [5, 5.41) is 3.29. The highest BCUT2D eigenvalue weighted by Gasteiger charge is 2.47. The first-order valence-electron chi connectivity index (χ1n) is 9.02. The number of para-hydroxylation sites is 1. The van der Waals surface area contributed by atoms with Crippen molar-refractivity contribution in [2.75, 3.05) is 19.5 Å². The third-order valence-electron chi connectivity index (χ3n) is 4.91. The molecule has 0 amide bonds. The van der Waals surface area contributed by atoms with Gasteiger partial charge in [0.1, 0.15) is 5.75 Å². The number of rotatable bonds is 5. The van der Waals surface area contributed by atoms with Crippen molar-refractivity contribution in [2.24, 2.45) is 0 Å². The molecule has 1 N–H and O–H groups in total. The summed E-state index contributed by atoms with van der Waals surface area (Å²) in [7, 11) is 2.91. The number of fused-ring (bicyclic) bond motifs is 1. The monoisotopic (exact) mass is 389 g/mol. The molecule has 0 spiro atoms. The Kier molecular flexibility index (Phi) is 4.68. The van der Waals surface area contributed by atoms with E-state index in [2.05, 4.69) is 5.32 Å². The van der Waals surface area contributed by atoms with E-state index in [1.807, 2.05) is 24.3 Å². The van der Waals surface area contributed by atoms with Gasteiger partial charge in [-0.3, -0.25) is 0 Å². The van der Waals surface area contributed by atoms with Gasteiger partial charge in [0, 0.05) is 11.1 Å². The number of benzene rings is 3. The highest BCUT2D eigenvalue weighted by molar-refractivity contribution is 5.98. The van der Waals surface area contributed by atoms with Gasteiger partial charge in [0.2, 0.25) is 5.72 Å². The van der Waals surface area contributed by atoms with Crippen LogP contribution in [0.1, 0.15) is 31.8 Å². The van der Waals surface area contributed by atoms with Crippen LogP contribution in [-0.4, -0.2) is 26.2 Å². The second-order valence-corrected chi connectivity index (χ2v) is 6.51. The Bertz CT molecular complexity index is 1080. The van der Waals surface area contributed by atoms with Crippen LogP contribution < -0.4 is 10.1 Å². The maximum Gasteiger partial charge on any atom is 0.341 e. The van der Waals surface area contributed by atoms with Crippen molar-refractivity contribution >= 4 is 17.6 Å². The van der Waals surface area contributed by atoms with E-state index in [4.69, 9.17) is 14.2 Å². The van der Waals surface area contributed by atoms with Gasteiger partial charge in [0.25, 0.3) is 0 Å². The fourth-order valence-electron chi connectivity index (χ4n) is 3.49. The van der Waals surface area contributed by atoms with Crippen LogP contribution in [0.2, 0.25) is 0 Å². The standard InChI is InChI=1S/C23H19NO5/c1-27-16-13-11-15(12-14-16)23(19-9-5-3-7-17(19)22(26)29-23)24-20-10-6-4-8-18(20)21(25)28-2/h3-14,24H,1-2H3. The molecule has 0 bridgehead atoms. The van der Waals surface area contributed by atoms with Gasteiger partial charge in [-0.05, 0) is 42.5 Å². The van der Waals surface area contributed by atoms with Crippen molar-refractivity contribution in [3.63, 3.8) is 0 Å². The van der Waals surface area contributed by atoms with Gasteiger partial charge in [-0.1, -0.05) is 30.3 Å². The van der Waals surface area contributed by atoms with Gasteiger partial charge in [-0.25, -0.2) is 9.59 Å². The number of ether oxygens (including phenoxy) is 3. The van der Waals surface area contributed by atoms with Gasteiger partial charge in [0.05, 0.1) is 31.0 Å². The first-order chi connectivity index (χ1) is 14.1. The summed E-state index contributed by atoms with van der Waals surface area (Å²) in [6.07, 6.45) is 0. The number of carbonyl (C=O) groups excluding carboxylic acids is 2. The smallest absolute Gasteiger partial charge is 0.341 e. The lowest BCUT2D eigenvalue weighted by Gasteiger charge is -2.32. The molecular formula is C23H19NO5. The minimum atomic E-state index is -1.30. The fourth-order valence-corrected chi connectivity index (χ4v) is 3.49. The van der Waals surface area contributed by atoms with Crippen LogP contribution in [0.5, 0.6) is 5.75 Å². The molecule has 1 aliphatic heterocycles. The number of hydrogen-bond donors (Lipinski definition) is 1. The molecule has 1 unspecified atom stereocenters. The number of esters is 2. The molecule has 1 atom stereocenters. The fraction of sp³-hybridized carbons (Fsp3) is 0.130. The molecule has 0 saturated heterocycles. The Labute approximate surface area is 168 Å². The van der Waals surface area contributed by atoms with Gasteiger partial charge in [-0.2, -0.15) is 0 Å². The lowest BCUT2D eigenvalue weighted by molar-refractivity contribution is 0.0212. The van der Waals surface area contributed by atoms with E-state index in [9.17, 15) is 9.59 Å². The largest absolute Gasteiger partial charge is 0.497 e. The molecular weight excluding hydrogens is 370 g/mol. The van der Waals surface area contributed by atoms with Crippen LogP contribution in [-0.2, 0) is 15.2 Å². The second-order valence-electron chi connectivity index (χ2n) is 6.51. The minimum Gasteiger partial charge on any atom is -0.497 e. The molecule has 4 rings (SSSR count). The number of anilines is 1. The van der Waals surface area contributed by atoms with Crippen LogP contribution in [0.4, 0.5) is 5.69 Å². The first kappa shape index (κ1) is 18.6. The van der Waals surface area contributed by atoms with Crippen molar-refractivity contribution in [2.45, 2.75) is 5.72 Å². The molecule has 146 valence electrons. The van der Waals surface area contributed by atoms with Gasteiger partial charge < -0.3 is 19.5 Å². The van der Waals surface area contributed by atoms with Crippen molar-refractivity contribution in [1.29, 1.82) is 0 Å². The summed E-state index contributed by atoms with van der Waals surface area (Å²) in [5.41, 5.74) is 1.34. The van der Waals surface area contributed by atoms with Gasteiger partial charge >= 0.3 is 11.9 Å². The zero-order chi connectivity index (χ0) is 20.4. The summed E-state index contributed by atoms with van der Waals surface area (Å²) in [5.74, 6) is -0.258. The van der Waals surface area contributed by atoms with Crippen LogP contribution in [0.25, 0.3) is 0 Å². The van der Waals surface area contributed by atoms with Crippen molar-refractivity contribution in [3.05, 3.63) is 95.1 Å². The number of nitrogens with one attached hydrogen (secondary N) is 1. The average molecular weight is 389 g/mol. The Balaban J connectivity index is 1.90. The van der Waals surface area contributed by atoms with Crippen LogP contribution in [0, 0.1) is 0 Å². The molecule has 29 heavy (non-hydrogen) atoms. The van der Waals surface area contributed by atoms with E-state index >= 15 is 0 Å². The van der Waals surface area contributed by atoms with Crippen molar-refractivity contribution in [1.82, 2.24) is 0 Å². The van der Waals surface area contributed by atoms with Crippen molar-refractivity contribution < 1.29 is 23.8 Å². The summed E-state index contributed by atoms with van der Waals surface area (Å²) < 4.78 is 16.1. The Morgan fingerprint density at radius 1 is 0.931 bits per heavy atom. The Hall–Kier alpha value is -3.80. The lowest BCUT2D eigenvalue weighted by atomic mass is 9.92. The molecule has 0 saturated carbocycles. The predicted octanol–water partition coefficient (Wildman–Crippen LogP) is 3.97. The zero-order valence-corrected chi connectivity index (χ0v) is 16.0. The number of hydrogen-bond acceptors (Lipinski definition) is 6. The molecule has 6 heteroatoms. The highest BCUT2D eigenvalue weighted by atomic mass is 16.6. The SMILES string of the molecule is COC(=O)c1ccccc1NC1(c2ccc(OC)cc2)OC(=O)c2ccccc21. The van der Waals surface area contributed by atoms with E-state index in [-0.39, 0.29) is 0 Å². The molecule has 0 aliphatic carbocycles. The van der Waals surface area contributed by atoms with Crippen molar-refractivity contribution in [3.8, 4) is 5.75 Å². The van der Waals surface area contributed by atoms with E-state index in [1.165, 1.54) is 7.11 Å². The number of methoxy groups -OCH3 is 2. The van der Waals surface area contributed by atoms with Crippen LogP contribution >= 0.6 is 0 Å². The average Bonchev–Trinajstić information content (AvgIpc) is 3.06. The topological polar surface area (TPSA) is 73.9 Å². The lowest BCUT2D eigenvalue weighted by Crippen LogP contribution is -2.37. The number of cyclic esters (lactones) is 1. The molecule has 0 radical (unpaired) electrons. The van der Waals surface area contributed by atoms with Crippen LogP contribution in [0.15, 0.2) is 72.8 Å². The molecule has 1 heterocycles. The third-order valence-corrected chi connectivity index (χ3v) is 4.91. The summed E-state index contributed by atoms with van der Waals surface area (Å²) in [6, 6.07) is 21.3. The van der Waals surface area contributed by atoms with E-state index in [0.29, 0.717) is 33.7 Å². The van der Waals surface area contributed by atoms with E-state index in [1.54, 1.807) is 55.6 Å².